The number of halogens is 1. The molecule has 0 atom stereocenters. The second kappa shape index (κ2) is 3.55. The van der Waals surface area contributed by atoms with E-state index in [-0.39, 0.29) is 17.4 Å². The lowest BCUT2D eigenvalue weighted by atomic mass is 10.1. The lowest BCUT2D eigenvalue weighted by molar-refractivity contribution is 0.164. The van der Waals surface area contributed by atoms with E-state index in [0.717, 1.165) is 0 Å². The minimum Gasteiger partial charge on any atom is -0.506 e. The van der Waals surface area contributed by atoms with Gasteiger partial charge in [-0.3, -0.25) is 0 Å². The molecule has 0 spiro atoms. The molecule has 2 N–H and O–H groups in total. The predicted octanol–water partition coefficient (Wildman–Crippen LogP) is 1.31. The first-order valence-corrected chi connectivity index (χ1v) is 4.52. The Bertz CT molecular complexity index is 364. The molecule has 76 valence electrons. The van der Waals surface area contributed by atoms with Crippen molar-refractivity contribution in [3.8, 4) is 17.2 Å². The molecule has 0 saturated carbocycles. The molecule has 0 amide bonds. The summed E-state index contributed by atoms with van der Waals surface area (Å²) in [6.45, 7) is 0.555. The normalized spacial score (nSPS) is 14.1. The van der Waals surface area contributed by atoms with Crippen LogP contribution in [0.2, 0.25) is 5.02 Å². The molecule has 0 aliphatic carbocycles. The minimum atomic E-state index is -0.293. The fraction of sp³-hybridized carbons (Fsp3) is 0.333. The van der Waals surface area contributed by atoms with E-state index >= 15 is 0 Å². The van der Waals surface area contributed by atoms with Crippen LogP contribution in [-0.2, 0) is 6.61 Å². The van der Waals surface area contributed by atoms with Gasteiger partial charge < -0.3 is 19.7 Å². The molecule has 0 fully saturated rings. The molecule has 0 aromatic heterocycles. The standard InChI is InChI=1S/C9H9ClO4/c10-8-5(4-11)9-7(3-6(8)12)13-1-2-14-9/h3,11-12H,1-2,4H2. The van der Waals surface area contributed by atoms with Crippen molar-refractivity contribution in [3.05, 3.63) is 16.7 Å². The highest BCUT2D eigenvalue weighted by Gasteiger charge is 2.21. The second-order valence-electron chi connectivity index (χ2n) is 2.87. The third-order valence-corrected chi connectivity index (χ3v) is 2.42. The first-order chi connectivity index (χ1) is 6.74. The smallest absolute Gasteiger partial charge is 0.168 e. The molecule has 1 aliphatic heterocycles. The van der Waals surface area contributed by atoms with Gasteiger partial charge in [0.25, 0.3) is 0 Å². The van der Waals surface area contributed by atoms with Gasteiger partial charge in [-0.15, -0.1) is 0 Å². The van der Waals surface area contributed by atoms with E-state index in [1.165, 1.54) is 6.07 Å². The Kier molecular flexibility index (Phi) is 2.39. The predicted molar refractivity (Wildman–Crippen MR) is 50.0 cm³/mol. The number of hydrogen-bond acceptors (Lipinski definition) is 4. The summed E-state index contributed by atoms with van der Waals surface area (Å²) in [7, 11) is 0. The molecular weight excluding hydrogens is 208 g/mol. The number of ether oxygens (including phenoxy) is 2. The quantitative estimate of drug-likeness (QED) is 0.743. The SMILES string of the molecule is OCc1c(Cl)c(O)cc2c1OCCO2. The minimum absolute atomic E-state index is 0.108. The van der Waals surface area contributed by atoms with E-state index in [0.29, 0.717) is 30.3 Å². The first-order valence-electron chi connectivity index (χ1n) is 4.15. The molecule has 14 heavy (non-hydrogen) atoms. The number of rotatable bonds is 1. The van der Waals surface area contributed by atoms with E-state index < -0.39 is 0 Å². The van der Waals surface area contributed by atoms with Crippen LogP contribution in [0.4, 0.5) is 0 Å². The third-order valence-electron chi connectivity index (χ3n) is 2.00. The van der Waals surface area contributed by atoms with Crippen LogP contribution in [0.3, 0.4) is 0 Å². The van der Waals surface area contributed by atoms with Gasteiger partial charge in [-0.25, -0.2) is 0 Å². The monoisotopic (exact) mass is 216 g/mol. The second-order valence-corrected chi connectivity index (χ2v) is 3.25. The molecule has 0 saturated heterocycles. The molecular formula is C9H9ClO4. The van der Waals surface area contributed by atoms with Crippen molar-refractivity contribution >= 4 is 11.6 Å². The molecule has 0 bridgehead atoms. The molecule has 1 aliphatic rings. The number of fused-ring (bicyclic) bond motifs is 1. The van der Waals surface area contributed by atoms with E-state index in [1.807, 2.05) is 0 Å². The van der Waals surface area contributed by atoms with Crippen molar-refractivity contribution in [1.29, 1.82) is 0 Å². The van der Waals surface area contributed by atoms with E-state index in [2.05, 4.69) is 0 Å². The van der Waals surface area contributed by atoms with Crippen molar-refractivity contribution in [2.75, 3.05) is 13.2 Å². The van der Waals surface area contributed by atoms with Crippen LogP contribution >= 0.6 is 11.6 Å². The Hall–Kier alpha value is -1.13. The van der Waals surface area contributed by atoms with Crippen molar-refractivity contribution in [2.24, 2.45) is 0 Å². The van der Waals surface area contributed by atoms with Gasteiger partial charge in [0.2, 0.25) is 0 Å². The molecule has 0 radical (unpaired) electrons. The van der Waals surface area contributed by atoms with Gasteiger partial charge >= 0.3 is 0 Å². The number of phenols is 1. The Morgan fingerprint density at radius 2 is 2.07 bits per heavy atom. The van der Waals surface area contributed by atoms with Gasteiger partial charge in [0.15, 0.2) is 11.5 Å². The van der Waals surface area contributed by atoms with Crippen molar-refractivity contribution in [3.63, 3.8) is 0 Å². The third kappa shape index (κ3) is 1.36. The summed E-state index contributed by atoms with van der Waals surface area (Å²) in [6, 6.07) is 1.38. The highest BCUT2D eigenvalue weighted by Crippen LogP contribution is 2.43. The molecule has 4 nitrogen and oxygen atoms in total. The fourth-order valence-electron chi connectivity index (χ4n) is 1.36. The maximum absolute atomic E-state index is 9.41. The van der Waals surface area contributed by atoms with E-state index in [9.17, 15) is 5.11 Å². The van der Waals surface area contributed by atoms with Crippen LogP contribution in [-0.4, -0.2) is 23.4 Å². The summed E-state index contributed by atoms with van der Waals surface area (Å²) < 4.78 is 10.5. The Morgan fingerprint density at radius 1 is 1.36 bits per heavy atom. The zero-order valence-corrected chi connectivity index (χ0v) is 8.04. The van der Waals surface area contributed by atoms with Crippen molar-refractivity contribution in [2.45, 2.75) is 6.61 Å². The van der Waals surface area contributed by atoms with Crippen LogP contribution in [0.25, 0.3) is 0 Å². The van der Waals surface area contributed by atoms with Gasteiger partial charge in [-0.05, 0) is 0 Å². The molecule has 0 unspecified atom stereocenters. The van der Waals surface area contributed by atoms with Crippen LogP contribution in [0.5, 0.6) is 17.2 Å². The zero-order chi connectivity index (χ0) is 10.1. The topological polar surface area (TPSA) is 58.9 Å². The van der Waals surface area contributed by atoms with Gasteiger partial charge in [0.05, 0.1) is 11.6 Å². The number of aliphatic hydroxyl groups excluding tert-OH is 1. The van der Waals surface area contributed by atoms with Gasteiger partial charge in [-0.1, -0.05) is 11.6 Å². The lowest BCUT2D eigenvalue weighted by Crippen LogP contribution is -2.16. The average Bonchev–Trinajstić information content (AvgIpc) is 2.20. The van der Waals surface area contributed by atoms with Crippen LogP contribution < -0.4 is 9.47 Å². The fourth-order valence-corrected chi connectivity index (χ4v) is 1.56. The molecule has 5 heteroatoms. The van der Waals surface area contributed by atoms with Crippen LogP contribution in [0.1, 0.15) is 5.56 Å². The molecule has 1 heterocycles. The number of aliphatic hydroxyl groups is 1. The summed E-state index contributed by atoms with van der Waals surface area (Å²) in [5.74, 6) is 0.726. The average molecular weight is 217 g/mol. The lowest BCUT2D eigenvalue weighted by Gasteiger charge is -2.21. The summed E-state index contributed by atoms with van der Waals surface area (Å²) in [5, 5.41) is 18.6. The Labute approximate surface area is 85.6 Å². The highest BCUT2D eigenvalue weighted by molar-refractivity contribution is 6.33. The number of aromatic hydroxyl groups is 1. The molecule has 2 rings (SSSR count). The summed E-state index contributed by atoms with van der Waals surface area (Å²) >= 11 is 5.78. The molecule has 1 aromatic rings. The Balaban J connectivity index is 2.60. The first kappa shape index (κ1) is 9.43. The van der Waals surface area contributed by atoms with Crippen molar-refractivity contribution < 1.29 is 19.7 Å². The summed E-state index contributed by atoms with van der Waals surface area (Å²) in [5.41, 5.74) is 0.362. The number of hydrogen-bond donors (Lipinski definition) is 2. The van der Waals surface area contributed by atoms with Crippen LogP contribution in [0, 0.1) is 0 Å². The van der Waals surface area contributed by atoms with E-state index in [4.69, 9.17) is 26.2 Å². The summed E-state index contributed by atoms with van der Waals surface area (Å²) in [4.78, 5) is 0. The van der Waals surface area contributed by atoms with Crippen molar-refractivity contribution in [1.82, 2.24) is 0 Å². The number of benzene rings is 1. The van der Waals surface area contributed by atoms with E-state index in [1.54, 1.807) is 0 Å². The summed E-state index contributed by atoms with van der Waals surface area (Å²) in [6.07, 6.45) is 0. The maximum atomic E-state index is 9.41. The Morgan fingerprint density at radius 3 is 2.79 bits per heavy atom. The van der Waals surface area contributed by atoms with Crippen LogP contribution in [0.15, 0.2) is 6.07 Å². The van der Waals surface area contributed by atoms with Gasteiger partial charge in [0.1, 0.15) is 19.0 Å². The van der Waals surface area contributed by atoms with Gasteiger partial charge in [-0.2, -0.15) is 0 Å². The maximum Gasteiger partial charge on any atom is 0.168 e. The highest BCUT2D eigenvalue weighted by atomic mass is 35.5. The van der Waals surface area contributed by atoms with Gasteiger partial charge in [0, 0.05) is 11.6 Å². The largest absolute Gasteiger partial charge is 0.506 e. The zero-order valence-electron chi connectivity index (χ0n) is 7.29. The molecule has 1 aromatic carbocycles. The number of phenolic OH excluding ortho intramolecular Hbond substituents is 1.